The van der Waals surface area contributed by atoms with Crippen molar-refractivity contribution in [3.63, 3.8) is 0 Å². The Kier molecular flexibility index (Phi) is 5.86. The molecule has 0 saturated carbocycles. The Bertz CT molecular complexity index is 736. The summed E-state index contributed by atoms with van der Waals surface area (Å²) >= 11 is -5.27. The molecule has 0 heterocycles. The first kappa shape index (κ1) is 20.8. The van der Waals surface area contributed by atoms with Crippen LogP contribution in [0.5, 0.6) is 0 Å². The third-order valence-electron chi connectivity index (χ3n) is 2.96. The van der Waals surface area contributed by atoms with Crippen molar-refractivity contribution in [2.45, 2.75) is 12.4 Å². The minimum atomic E-state index is -5.50. The van der Waals surface area contributed by atoms with Crippen LogP contribution in [0.3, 0.4) is 0 Å². The molecule has 0 N–H and O–H groups in total. The van der Waals surface area contributed by atoms with Gasteiger partial charge in [0.05, 0.1) is 0 Å². The van der Waals surface area contributed by atoms with Crippen LogP contribution in [0.1, 0.15) is 0 Å². The van der Waals surface area contributed by atoms with Crippen molar-refractivity contribution in [1.29, 1.82) is 0 Å². The van der Waals surface area contributed by atoms with E-state index in [1.54, 1.807) is 0 Å². The van der Waals surface area contributed by atoms with Gasteiger partial charge in [0.1, 0.15) is 0 Å². The molecular weight excluding hydrogens is 449 g/mol. The van der Waals surface area contributed by atoms with Crippen molar-refractivity contribution < 1.29 is 43.6 Å². The van der Waals surface area contributed by atoms with E-state index < -0.39 is 37.8 Å². The molecule has 146 valence electrons. The summed E-state index contributed by atoms with van der Waals surface area (Å²) in [7, 11) is 0. The van der Waals surface area contributed by atoms with Gasteiger partial charge in [0, 0.05) is 0 Å². The first-order valence-electron chi connectivity index (χ1n) is 7.01. The zero-order valence-corrected chi connectivity index (χ0v) is 14.8. The van der Waals surface area contributed by atoms with Crippen LogP contribution in [0.15, 0.2) is 60.7 Å². The quantitative estimate of drug-likeness (QED) is 0.521. The monoisotopic (exact) mass is 460 g/mol. The molecule has 2 aromatic carbocycles. The summed E-state index contributed by atoms with van der Waals surface area (Å²) in [4.78, 5) is 23.0. The van der Waals surface area contributed by atoms with Crippen LogP contribution >= 0.6 is 0 Å². The molecule has 0 aliphatic heterocycles. The van der Waals surface area contributed by atoms with E-state index in [4.69, 9.17) is 0 Å². The van der Waals surface area contributed by atoms with Gasteiger partial charge in [-0.05, 0) is 0 Å². The van der Waals surface area contributed by atoms with Gasteiger partial charge in [0.2, 0.25) is 0 Å². The summed E-state index contributed by atoms with van der Waals surface area (Å²) in [5, 5.41) is 0. The SMILES string of the molecule is O=C(O[Se](OC(=O)C(F)(F)F)(c1ccccc1)c1ccccc1)C(F)(F)F. The number of hydrogen-bond donors (Lipinski definition) is 0. The maximum atomic E-state index is 12.8. The van der Waals surface area contributed by atoms with E-state index in [1.807, 2.05) is 0 Å². The van der Waals surface area contributed by atoms with Crippen LogP contribution in [0.4, 0.5) is 26.3 Å². The standard InChI is InChI=1S/C16H10F6O4Se/c17-15(18,19)13(23)25-27(11-7-3-1-4-8-11,12-9-5-2-6-10-12)26-14(24)16(20,21)22/h1-10H. The van der Waals surface area contributed by atoms with Crippen molar-refractivity contribution in [3.8, 4) is 0 Å². The number of rotatable bonds is 4. The fraction of sp³-hybridized carbons (Fsp3) is 0.125. The Morgan fingerprint density at radius 2 is 0.926 bits per heavy atom. The average Bonchev–Trinajstić information content (AvgIpc) is 2.60. The Morgan fingerprint density at radius 1 is 0.630 bits per heavy atom. The summed E-state index contributed by atoms with van der Waals surface area (Å²) in [5.41, 5.74) is 0. The van der Waals surface area contributed by atoms with Crippen LogP contribution in [0.25, 0.3) is 0 Å². The van der Waals surface area contributed by atoms with Crippen molar-refractivity contribution in [3.05, 3.63) is 60.7 Å². The van der Waals surface area contributed by atoms with E-state index >= 15 is 0 Å². The summed E-state index contributed by atoms with van der Waals surface area (Å²) in [6.07, 6.45) is -11.0. The molecule has 0 unspecified atom stereocenters. The van der Waals surface area contributed by atoms with E-state index in [0.717, 1.165) is 24.3 Å². The van der Waals surface area contributed by atoms with Crippen molar-refractivity contribution in [2.75, 3.05) is 0 Å². The molecule has 0 spiro atoms. The predicted octanol–water partition coefficient (Wildman–Crippen LogP) is 2.45. The zero-order valence-electron chi connectivity index (χ0n) is 13.1. The predicted molar refractivity (Wildman–Crippen MR) is 82.2 cm³/mol. The third-order valence-corrected chi connectivity index (χ3v) is 8.32. The molecule has 0 bridgehead atoms. The van der Waals surface area contributed by atoms with Gasteiger partial charge in [-0.1, -0.05) is 0 Å². The molecular formula is C16H10F6O4Se. The van der Waals surface area contributed by atoms with Crippen molar-refractivity contribution in [1.82, 2.24) is 0 Å². The fourth-order valence-electron chi connectivity index (χ4n) is 1.85. The molecule has 0 aromatic heterocycles. The van der Waals surface area contributed by atoms with Crippen LogP contribution < -0.4 is 8.92 Å². The molecule has 0 fully saturated rings. The van der Waals surface area contributed by atoms with E-state index in [2.05, 4.69) is 7.64 Å². The van der Waals surface area contributed by atoms with Crippen LogP contribution in [0.2, 0.25) is 0 Å². The van der Waals surface area contributed by atoms with E-state index in [1.165, 1.54) is 36.4 Å². The first-order valence-corrected chi connectivity index (χ1v) is 10.1. The summed E-state index contributed by atoms with van der Waals surface area (Å²) < 4.78 is 85.1. The second kappa shape index (κ2) is 7.61. The average molecular weight is 459 g/mol. The second-order valence-corrected chi connectivity index (χ2v) is 9.66. The molecule has 2 aromatic rings. The van der Waals surface area contributed by atoms with Crippen molar-refractivity contribution in [2.24, 2.45) is 0 Å². The van der Waals surface area contributed by atoms with Crippen molar-refractivity contribution >= 4 is 34.4 Å². The number of hydrogen-bond acceptors (Lipinski definition) is 4. The molecule has 0 atom stereocenters. The van der Waals surface area contributed by atoms with Gasteiger partial charge in [0.15, 0.2) is 0 Å². The van der Waals surface area contributed by atoms with Crippen LogP contribution in [0, 0.1) is 0 Å². The van der Waals surface area contributed by atoms with E-state index in [9.17, 15) is 35.9 Å². The molecule has 2 rings (SSSR count). The molecule has 27 heavy (non-hydrogen) atoms. The van der Waals surface area contributed by atoms with Gasteiger partial charge in [-0.2, -0.15) is 0 Å². The molecule has 0 amide bonds. The topological polar surface area (TPSA) is 52.6 Å². The molecule has 11 heteroatoms. The van der Waals surface area contributed by atoms with Gasteiger partial charge in [0.25, 0.3) is 0 Å². The minimum absolute atomic E-state index is 0.268. The number of carbonyl (C=O) groups excluding carboxylic acids is 2. The number of benzene rings is 2. The van der Waals surface area contributed by atoms with Gasteiger partial charge < -0.3 is 0 Å². The van der Waals surface area contributed by atoms with Gasteiger partial charge >= 0.3 is 151 Å². The zero-order chi connectivity index (χ0) is 20.3. The second-order valence-electron chi connectivity index (χ2n) is 4.87. The summed E-state index contributed by atoms with van der Waals surface area (Å²) in [6, 6.07) is 12.6. The molecule has 0 radical (unpaired) electrons. The molecule has 0 aliphatic rings. The van der Waals surface area contributed by atoms with Gasteiger partial charge in [-0.15, -0.1) is 0 Å². The third kappa shape index (κ3) is 4.81. The van der Waals surface area contributed by atoms with Gasteiger partial charge in [-0.25, -0.2) is 0 Å². The first-order chi connectivity index (χ1) is 12.5. The normalized spacial score (nSPS) is 13.0. The number of alkyl halides is 6. The van der Waals surface area contributed by atoms with E-state index in [0.29, 0.717) is 0 Å². The van der Waals surface area contributed by atoms with Crippen LogP contribution in [-0.4, -0.2) is 37.8 Å². The van der Waals surface area contributed by atoms with Crippen LogP contribution in [-0.2, 0) is 17.2 Å². The number of halogens is 6. The maximum absolute atomic E-state index is 12.8. The Labute approximate surface area is 151 Å². The molecule has 0 aliphatic carbocycles. The number of carbonyl (C=O) groups is 2. The molecule has 0 saturated heterocycles. The Balaban J connectivity index is 2.69. The molecule has 4 nitrogen and oxygen atoms in total. The fourth-order valence-corrected chi connectivity index (χ4v) is 6.76. The Hall–Kier alpha value is -2.52. The van der Waals surface area contributed by atoms with Gasteiger partial charge in [-0.3, -0.25) is 0 Å². The summed E-state index contributed by atoms with van der Waals surface area (Å²) in [6.45, 7) is 0. The summed E-state index contributed by atoms with van der Waals surface area (Å²) in [5.74, 6) is -5.52. The van der Waals surface area contributed by atoms with E-state index in [-0.39, 0.29) is 8.92 Å². The Morgan fingerprint density at radius 3 is 1.19 bits per heavy atom.